The van der Waals surface area contributed by atoms with E-state index in [-0.39, 0.29) is 10.8 Å². The van der Waals surface area contributed by atoms with E-state index in [0.29, 0.717) is 47.5 Å². The average Bonchev–Trinajstić information content (AvgIpc) is 3.77. The highest BCUT2D eigenvalue weighted by Crippen LogP contribution is 2.70. The smallest absolute Gasteiger partial charge is 0.0556 e. The summed E-state index contributed by atoms with van der Waals surface area (Å²) in [5, 5.41) is 0. The lowest BCUT2D eigenvalue weighted by molar-refractivity contribution is 0.185. The van der Waals surface area contributed by atoms with E-state index in [1.54, 1.807) is 44.7 Å². The lowest BCUT2D eigenvalue weighted by Gasteiger charge is -2.45. The quantitative estimate of drug-likeness (QED) is 0.306. The van der Waals surface area contributed by atoms with Crippen LogP contribution in [-0.2, 0) is 10.8 Å². The zero-order valence-electron chi connectivity index (χ0n) is 32.7. The summed E-state index contributed by atoms with van der Waals surface area (Å²) in [7, 11) is 0. The molecule has 0 amide bonds. The van der Waals surface area contributed by atoms with Crippen LogP contribution in [-0.4, -0.2) is 10.9 Å². The molecule has 8 unspecified atom stereocenters. The van der Waals surface area contributed by atoms with E-state index in [1.807, 2.05) is 0 Å². The molecule has 2 saturated carbocycles. The van der Waals surface area contributed by atoms with Gasteiger partial charge in [0.2, 0.25) is 0 Å². The lowest BCUT2D eigenvalue weighted by atomic mass is 9.59. The maximum atomic E-state index is 2.91. The van der Waals surface area contributed by atoms with E-state index in [4.69, 9.17) is 0 Å². The van der Waals surface area contributed by atoms with Gasteiger partial charge in [-0.2, -0.15) is 0 Å². The van der Waals surface area contributed by atoms with Gasteiger partial charge in [0.05, 0.1) is 6.04 Å². The summed E-state index contributed by atoms with van der Waals surface area (Å²) in [5.41, 5.74) is 16.3. The topological polar surface area (TPSA) is 3.24 Å². The minimum absolute atomic E-state index is 0.0674. The maximum Gasteiger partial charge on any atom is 0.0556 e. The largest absolute Gasteiger partial charge is 0.342 e. The standard InChI is InChI=1S/C53H57N/c1-34-20-22-35(23-21-34)36-24-26-37(27-25-36)54(38-28-30-44-40-12-4-8-16-46(40)52(2,3)50(44)32-38)39-29-31-45-43-15-7-11-19-49(43)53(51(45)33-39)47-17-9-5-13-41(47)42-14-6-10-18-48(42)53/h4-6,8-10,12-14,16-18,20-22,24,26,28,31,33,35,39,41,43-44,47,49-50H,7,11,15,19,23,25,27,29-30,32H2,1-3H3/t35?,39?,41-,43?,44?,47?,49?,50?,53?/m0/s1. The van der Waals surface area contributed by atoms with E-state index < -0.39 is 0 Å². The van der Waals surface area contributed by atoms with Crippen LogP contribution in [0, 0.1) is 29.6 Å². The molecule has 2 aromatic rings. The second kappa shape index (κ2) is 12.5. The van der Waals surface area contributed by atoms with Crippen LogP contribution in [0.4, 0.5) is 0 Å². The van der Waals surface area contributed by atoms with Gasteiger partial charge in [-0.25, -0.2) is 0 Å². The molecule has 9 atom stereocenters. The number of allylic oxidation sites excluding steroid dienone is 16. The Hall–Kier alpha value is -4.10. The van der Waals surface area contributed by atoms with Crippen molar-refractivity contribution in [2.75, 3.05) is 0 Å². The summed E-state index contributed by atoms with van der Waals surface area (Å²) in [6.07, 6.45) is 42.8. The van der Waals surface area contributed by atoms with Crippen molar-refractivity contribution in [1.82, 2.24) is 4.90 Å². The van der Waals surface area contributed by atoms with Gasteiger partial charge in [-0.3, -0.25) is 0 Å². The van der Waals surface area contributed by atoms with Crippen LogP contribution in [0.15, 0.2) is 155 Å². The molecule has 274 valence electrons. The van der Waals surface area contributed by atoms with Crippen LogP contribution in [0.2, 0.25) is 0 Å². The Balaban J connectivity index is 1.04. The van der Waals surface area contributed by atoms with Crippen molar-refractivity contribution in [1.29, 1.82) is 0 Å². The predicted molar refractivity (Wildman–Crippen MR) is 224 cm³/mol. The first-order chi connectivity index (χ1) is 26.4. The number of benzene rings is 2. The van der Waals surface area contributed by atoms with Crippen LogP contribution in [0.25, 0.3) is 0 Å². The fraction of sp³-hybridized carbons (Fsp3) is 0.434. The molecule has 0 aromatic heterocycles. The molecular formula is C53H57N. The molecule has 2 fully saturated rings. The summed E-state index contributed by atoms with van der Waals surface area (Å²) in [5.74, 6) is 4.16. The van der Waals surface area contributed by atoms with Crippen LogP contribution in [0.5, 0.6) is 0 Å². The minimum atomic E-state index is 0.0674. The Bertz CT molecular complexity index is 2190. The van der Waals surface area contributed by atoms with Crippen molar-refractivity contribution >= 4 is 0 Å². The van der Waals surface area contributed by atoms with E-state index in [0.717, 1.165) is 38.5 Å². The highest BCUT2D eigenvalue weighted by Gasteiger charge is 2.64. The van der Waals surface area contributed by atoms with Gasteiger partial charge in [0.25, 0.3) is 0 Å². The Labute approximate surface area is 324 Å². The number of nitrogens with zero attached hydrogens (tertiary/aromatic N) is 1. The highest BCUT2D eigenvalue weighted by molar-refractivity contribution is 5.65. The molecule has 0 radical (unpaired) electrons. The zero-order chi connectivity index (χ0) is 36.2. The first kappa shape index (κ1) is 33.3. The van der Waals surface area contributed by atoms with Gasteiger partial charge >= 0.3 is 0 Å². The Morgan fingerprint density at radius 1 is 0.704 bits per heavy atom. The molecule has 11 rings (SSSR count). The first-order valence-electron chi connectivity index (χ1n) is 21.6. The van der Waals surface area contributed by atoms with Gasteiger partial charge < -0.3 is 4.90 Å². The van der Waals surface area contributed by atoms with Crippen molar-refractivity contribution in [3.8, 4) is 0 Å². The SMILES string of the molecule is CC1=CCC(C2=CC=C(N(C3=CCC4c5ccccc5C(C)(C)C4C3)C3C=C4C(=CC3)C3CCCCC3C43c4ccccc4[C@@H]4C=CC=CC43)CC2)C=C1. The number of rotatable bonds is 4. The molecule has 2 aromatic carbocycles. The predicted octanol–water partition coefficient (Wildman–Crippen LogP) is 13.0. The summed E-state index contributed by atoms with van der Waals surface area (Å²) >= 11 is 0. The Morgan fingerprint density at radius 2 is 1.52 bits per heavy atom. The average molecular weight is 708 g/mol. The lowest BCUT2D eigenvalue weighted by Crippen LogP contribution is -2.42. The van der Waals surface area contributed by atoms with E-state index in [2.05, 4.69) is 147 Å². The fourth-order valence-electron chi connectivity index (χ4n) is 13.9. The number of hydrogen-bond acceptors (Lipinski definition) is 1. The molecule has 9 aliphatic carbocycles. The fourth-order valence-corrected chi connectivity index (χ4v) is 13.9. The third-order valence-corrected chi connectivity index (χ3v) is 16.2. The summed E-state index contributed by atoms with van der Waals surface area (Å²) in [6, 6.07) is 19.4. The molecule has 1 heteroatoms. The first-order valence-corrected chi connectivity index (χ1v) is 21.6. The van der Waals surface area contributed by atoms with Crippen molar-refractivity contribution in [2.24, 2.45) is 29.6 Å². The van der Waals surface area contributed by atoms with Crippen LogP contribution < -0.4 is 0 Å². The molecule has 1 nitrogen and oxygen atoms in total. The van der Waals surface area contributed by atoms with Gasteiger partial charge in [-0.05, 0) is 127 Å². The van der Waals surface area contributed by atoms with Crippen molar-refractivity contribution < 1.29 is 0 Å². The number of hydrogen-bond donors (Lipinski definition) is 0. The van der Waals surface area contributed by atoms with E-state index in [9.17, 15) is 0 Å². The van der Waals surface area contributed by atoms with Crippen LogP contribution >= 0.6 is 0 Å². The minimum Gasteiger partial charge on any atom is -0.342 e. The van der Waals surface area contributed by atoms with Crippen LogP contribution in [0.3, 0.4) is 0 Å². The molecule has 1 spiro atoms. The summed E-state index contributed by atoms with van der Waals surface area (Å²) in [4.78, 5) is 2.91. The summed E-state index contributed by atoms with van der Waals surface area (Å²) < 4.78 is 0. The monoisotopic (exact) mass is 707 g/mol. The molecule has 0 saturated heterocycles. The molecular weight excluding hydrogens is 651 g/mol. The second-order valence-corrected chi connectivity index (χ2v) is 18.9. The van der Waals surface area contributed by atoms with Crippen molar-refractivity contribution in [3.05, 3.63) is 177 Å². The van der Waals surface area contributed by atoms with Gasteiger partial charge in [0.1, 0.15) is 0 Å². The van der Waals surface area contributed by atoms with Crippen LogP contribution in [0.1, 0.15) is 119 Å². The molecule has 0 heterocycles. The van der Waals surface area contributed by atoms with Gasteiger partial charge in [0.15, 0.2) is 0 Å². The molecule has 0 N–H and O–H groups in total. The van der Waals surface area contributed by atoms with Crippen molar-refractivity contribution in [3.63, 3.8) is 0 Å². The zero-order valence-corrected chi connectivity index (χ0v) is 32.7. The summed E-state index contributed by atoms with van der Waals surface area (Å²) in [6.45, 7) is 7.31. The van der Waals surface area contributed by atoms with Gasteiger partial charge in [0, 0.05) is 34.6 Å². The molecule has 54 heavy (non-hydrogen) atoms. The second-order valence-electron chi connectivity index (χ2n) is 18.9. The molecule has 0 aliphatic heterocycles. The highest BCUT2D eigenvalue weighted by atomic mass is 15.2. The Kier molecular flexibility index (Phi) is 7.67. The van der Waals surface area contributed by atoms with Gasteiger partial charge in [-0.1, -0.05) is 153 Å². The van der Waals surface area contributed by atoms with Gasteiger partial charge in [-0.15, -0.1) is 0 Å². The molecule has 0 bridgehead atoms. The van der Waals surface area contributed by atoms with E-state index >= 15 is 0 Å². The normalized spacial score (nSPS) is 36.4. The molecule has 9 aliphatic rings. The third-order valence-electron chi connectivity index (χ3n) is 16.2. The Morgan fingerprint density at radius 3 is 2.35 bits per heavy atom. The third kappa shape index (κ3) is 4.69. The maximum absolute atomic E-state index is 2.91. The van der Waals surface area contributed by atoms with Crippen molar-refractivity contribution in [2.45, 2.75) is 114 Å². The number of fused-ring (bicyclic) bond motifs is 13. The van der Waals surface area contributed by atoms with E-state index in [1.165, 1.54) is 37.0 Å².